The molecular weight excluding hydrogens is 260 g/mol. The average Bonchev–Trinajstić information content (AvgIpc) is 2.40. The van der Waals surface area contributed by atoms with E-state index in [-0.39, 0.29) is 11.5 Å². The van der Waals surface area contributed by atoms with Gasteiger partial charge in [0.1, 0.15) is 5.75 Å². The van der Waals surface area contributed by atoms with Crippen molar-refractivity contribution in [3.05, 3.63) is 40.7 Å². The van der Waals surface area contributed by atoms with Gasteiger partial charge in [-0.3, -0.25) is 4.79 Å². The number of benzene rings is 1. The van der Waals surface area contributed by atoms with Crippen molar-refractivity contribution in [2.24, 2.45) is 11.7 Å². The molecule has 100 valence electrons. The monoisotopic (exact) mass is 276 g/mol. The first-order valence-electron chi connectivity index (χ1n) is 6.00. The topological polar surface area (TPSA) is 57.2 Å². The standard InChI is InChI=1S/C14H16N2O2S/c1-9(14(15)19)8-16-12(17)7-6-10-4-3-5-11(18-2)13(10)16/h3-7,9H,8H2,1-2H3,(H2,15,19). The first-order valence-corrected chi connectivity index (χ1v) is 6.41. The molecule has 2 N–H and O–H groups in total. The smallest absolute Gasteiger partial charge is 0.251 e. The van der Waals surface area contributed by atoms with Crippen molar-refractivity contribution < 1.29 is 4.74 Å². The van der Waals surface area contributed by atoms with Crippen LogP contribution in [0.15, 0.2) is 35.1 Å². The highest BCUT2D eigenvalue weighted by atomic mass is 32.1. The molecule has 0 spiro atoms. The summed E-state index contributed by atoms with van der Waals surface area (Å²) in [5.41, 5.74) is 6.33. The number of methoxy groups -OCH3 is 1. The molecule has 19 heavy (non-hydrogen) atoms. The minimum Gasteiger partial charge on any atom is -0.495 e. The second kappa shape index (κ2) is 5.40. The van der Waals surface area contributed by atoms with Crippen LogP contribution in [0.2, 0.25) is 0 Å². The van der Waals surface area contributed by atoms with E-state index in [0.29, 0.717) is 17.3 Å². The SMILES string of the molecule is COc1cccc2ccc(=O)n(CC(C)C(N)=S)c12. The Kier molecular flexibility index (Phi) is 3.85. The number of hydrogen-bond acceptors (Lipinski definition) is 3. The zero-order chi connectivity index (χ0) is 14.0. The number of hydrogen-bond donors (Lipinski definition) is 1. The summed E-state index contributed by atoms with van der Waals surface area (Å²) in [5.74, 6) is 0.619. The van der Waals surface area contributed by atoms with E-state index >= 15 is 0 Å². The number of aromatic nitrogens is 1. The average molecular weight is 276 g/mol. The predicted molar refractivity (Wildman–Crippen MR) is 80.7 cm³/mol. The van der Waals surface area contributed by atoms with Crippen molar-refractivity contribution in [2.75, 3.05) is 7.11 Å². The van der Waals surface area contributed by atoms with Crippen LogP contribution in [0.5, 0.6) is 5.75 Å². The molecule has 1 unspecified atom stereocenters. The van der Waals surface area contributed by atoms with E-state index < -0.39 is 0 Å². The van der Waals surface area contributed by atoms with Gasteiger partial charge in [-0.1, -0.05) is 31.3 Å². The molecule has 1 atom stereocenters. The zero-order valence-electron chi connectivity index (χ0n) is 10.9. The Morgan fingerprint density at radius 1 is 1.42 bits per heavy atom. The van der Waals surface area contributed by atoms with Crippen LogP contribution in [-0.4, -0.2) is 16.7 Å². The van der Waals surface area contributed by atoms with E-state index in [1.807, 2.05) is 25.1 Å². The second-order valence-corrected chi connectivity index (χ2v) is 4.96. The fraction of sp³-hybridized carbons (Fsp3) is 0.286. The molecule has 2 aromatic rings. The maximum atomic E-state index is 12.1. The molecule has 0 amide bonds. The van der Waals surface area contributed by atoms with Crippen molar-refractivity contribution in [3.63, 3.8) is 0 Å². The molecule has 0 fully saturated rings. The molecule has 0 aliphatic carbocycles. The molecule has 0 saturated carbocycles. The molecule has 0 aliphatic heterocycles. The largest absolute Gasteiger partial charge is 0.495 e. The molecule has 1 aromatic carbocycles. The lowest BCUT2D eigenvalue weighted by Gasteiger charge is -2.16. The molecular formula is C14H16N2O2S. The summed E-state index contributed by atoms with van der Waals surface area (Å²) in [7, 11) is 1.59. The van der Waals surface area contributed by atoms with E-state index in [4.69, 9.17) is 22.7 Å². The van der Waals surface area contributed by atoms with Crippen molar-refractivity contribution >= 4 is 28.1 Å². The Labute approximate surface area is 116 Å². The molecule has 1 heterocycles. The van der Waals surface area contributed by atoms with Gasteiger partial charge in [-0.05, 0) is 12.1 Å². The van der Waals surface area contributed by atoms with Crippen LogP contribution in [0.1, 0.15) is 6.92 Å². The molecule has 0 radical (unpaired) electrons. The number of nitrogens with two attached hydrogens (primary N) is 1. The highest BCUT2D eigenvalue weighted by molar-refractivity contribution is 7.80. The Hall–Kier alpha value is -1.88. The van der Waals surface area contributed by atoms with Gasteiger partial charge in [-0.15, -0.1) is 0 Å². The number of para-hydroxylation sites is 1. The van der Waals surface area contributed by atoms with Gasteiger partial charge >= 0.3 is 0 Å². The van der Waals surface area contributed by atoms with Gasteiger partial charge in [0.05, 0.1) is 17.6 Å². The van der Waals surface area contributed by atoms with E-state index in [0.717, 1.165) is 10.9 Å². The van der Waals surface area contributed by atoms with Gasteiger partial charge < -0.3 is 15.0 Å². The van der Waals surface area contributed by atoms with Crippen molar-refractivity contribution in [2.45, 2.75) is 13.5 Å². The third-order valence-electron chi connectivity index (χ3n) is 3.13. The van der Waals surface area contributed by atoms with Crippen LogP contribution >= 0.6 is 12.2 Å². The van der Waals surface area contributed by atoms with Crippen molar-refractivity contribution in [1.82, 2.24) is 4.57 Å². The van der Waals surface area contributed by atoms with E-state index in [1.165, 1.54) is 0 Å². The van der Waals surface area contributed by atoms with Crippen LogP contribution in [0, 0.1) is 5.92 Å². The number of rotatable bonds is 4. The van der Waals surface area contributed by atoms with Gasteiger partial charge in [-0.25, -0.2) is 0 Å². The van der Waals surface area contributed by atoms with Crippen LogP contribution in [0.3, 0.4) is 0 Å². The highest BCUT2D eigenvalue weighted by Gasteiger charge is 2.12. The molecule has 0 aliphatic rings. The summed E-state index contributed by atoms with van der Waals surface area (Å²) < 4.78 is 7.01. The summed E-state index contributed by atoms with van der Waals surface area (Å²) in [6, 6.07) is 9.02. The Morgan fingerprint density at radius 3 is 2.79 bits per heavy atom. The van der Waals surface area contributed by atoms with Crippen LogP contribution in [0.4, 0.5) is 0 Å². The van der Waals surface area contributed by atoms with Crippen LogP contribution in [0.25, 0.3) is 10.9 Å². The molecule has 2 rings (SSSR count). The van der Waals surface area contributed by atoms with E-state index in [1.54, 1.807) is 23.8 Å². The Bertz CT molecular complexity index is 679. The van der Waals surface area contributed by atoms with Gasteiger partial charge in [-0.2, -0.15) is 0 Å². The van der Waals surface area contributed by atoms with Gasteiger partial charge in [0.15, 0.2) is 0 Å². The fourth-order valence-electron chi connectivity index (χ4n) is 2.03. The minimum absolute atomic E-state index is 0.0526. The molecule has 1 aromatic heterocycles. The number of fused-ring (bicyclic) bond motifs is 1. The zero-order valence-corrected chi connectivity index (χ0v) is 11.7. The lowest BCUT2D eigenvalue weighted by Crippen LogP contribution is -2.29. The summed E-state index contributed by atoms with van der Waals surface area (Å²) in [5, 5.41) is 0.953. The van der Waals surface area contributed by atoms with Crippen molar-refractivity contribution in [3.8, 4) is 5.75 Å². The third kappa shape index (κ3) is 2.61. The second-order valence-electron chi connectivity index (χ2n) is 4.48. The molecule has 4 nitrogen and oxygen atoms in total. The van der Waals surface area contributed by atoms with E-state index in [9.17, 15) is 4.79 Å². The fourth-order valence-corrected chi connectivity index (χ4v) is 2.11. The number of pyridine rings is 1. The summed E-state index contributed by atoms with van der Waals surface area (Å²) in [6.07, 6.45) is 0. The summed E-state index contributed by atoms with van der Waals surface area (Å²) >= 11 is 4.98. The highest BCUT2D eigenvalue weighted by Crippen LogP contribution is 2.24. The summed E-state index contributed by atoms with van der Waals surface area (Å²) in [6.45, 7) is 2.36. The van der Waals surface area contributed by atoms with E-state index in [2.05, 4.69) is 0 Å². The summed E-state index contributed by atoms with van der Waals surface area (Å²) in [4.78, 5) is 12.5. The Balaban J connectivity index is 2.67. The number of nitrogens with zero attached hydrogens (tertiary/aromatic N) is 1. The van der Waals surface area contributed by atoms with Crippen LogP contribution < -0.4 is 16.0 Å². The Morgan fingerprint density at radius 2 is 2.16 bits per heavy atom. The lowest BCUT2D eigenvalue weighted by atomic mass is 10.1. The minimum atomic E-state index is -0.0832. The maximum absolute atomic E-state index is 12.1. The third-order valence-corrected chi connectivity index (χ3v) is 3.54. The lowest BCUT2D eigenvalue weighted by molar-refractivity contribution is 0.416. The number of thiocarbonyl (C=S) groups is 1. The normalized spacial score (nSPS) is 12.3. The molecule has 0 saturated heterocycles. The van der Waals surface area contributed by atoms with Crippen LogP contribution in [-0.2, 0) is 6.54 Å². The quantitative estimate of drug-likeness (QED) is 0.867. The van der Waals surface area contributed by atoms with Gasteiger partial charge in [0, 0.05) is 23.9 Å². The van der Waals surface area contributed by atoms with Gasteiger partial charge in [0.2, 0.25) is 0 Å². The van der Waals surface area contributed by atoms with Crippen molar-refractivity contribution in [1.29, 1.82) is 0 Å². The predicted octanol–water partition coefficient (Wildman–Crippen LogP) is 1.93. The molecule has 0 bridgehead atoms. The number of ether oxygens (including phenoxy) is 1. The molecule has 5 heteroatoms. The maximum Gasteiger partial charge on any atom is 0.251 e. The first kappa shape index (κ1) is 13.5. The van der Waals surface area contributed by atoms with Gasteiger partial charge in [0.25, 0.3) is 5.56 Å². The first-order chi connectivity index (χ1) is 9.04.